The van der Waals surface area contributed by atoms with Crippen molar-refractivity contribution in [2.75, 3.05) is 14.2 Å². The molecule has 9 heteroatoms. The fourth-order valence-corrected chi connectivity index (χ4v) is 4.81. The third kappa shape index (κ3) is 3.78. The third-order valence-corrected chi connectivity index (χ3v) is 6.35. The molecule has 144 valence electrons. The lowest BCUT2D eigenvalue weighted by molar-refractivity contribution is 0.0601. The number of rotatable bonds is 5. The normalized spacial score (nSPS) is 12.0. The number of benzene rings is 2. The Kier molecular flexibility index (Phi) is 5.53. The zero-order valence-electron chi connectivity index (χ0n) is 15.1. The first-order valence-electron chi connectivity index (χ1n) is 8.00. The van der Waals surface area contributed by atoms with Crippen LogP contribution in [0.3, 0.4) is 0 Å². The van der Waals surface area contributed by atoms with Crippen LogP contribution in [0.2, 0.25) is 0 Å². The van der Waals surface area contributed by atoms with Gasteiger partial charge in [0, 0.05) is 0 Å². The molecule has 0 fully saturated rings. The summed E-state index contributed by atoms with van der Waals surface area (Å²) in [5.74, 6) is 2.56. The first kappa shape index (κ1) is 19.7. The smallest absolute Gasteiger partial charge is 0.337 e. The van der Waals surface area contributed by atoms with E-state index < -0.39 is 16.0 Å². The molecule has 3 rings (SSSR count). The molecule has 0 N–H and O–H groups in total. The SMILES string of the molecule is C#CCn1/c(=N/S(=O)(=O)c2ccc(OC)cc2)sc2cc(C(=O)OC)ccc21. The van der Waals surface area contributed by atoms with Crippen LogP contribution in [-0.2, 0) is 21.3 Å². The van der Waals surface area contributed by atoms with E-state index in [1.165, 1.54) is 26.4 Å². The van der Waals surface area contributed by atoms with Gasteiger partial charge in [-0.2, -0.15) is 8.42 Å². The molecule has 0 aliphatic heterocycles. The van der Waals surface area contributed by atoms with Crippen LogP contribution in [0.15, 0.2) is 51.8 Å². The number of aromatic nitrogens is 1. The van der Waals surface area contributed by atoms with Crippen LogP contribution < -0.4 is 9.54 Å². The fourth-order valence-electron chi connectivity index (χ4n) is 2.54. The molecule has 0 unspecified atom stereocenters. The molecule has 3 aromatic rings. The second kappa shape index (κ2) is 7.88. The highest BCUT2D eigenvalue weighted by molar-refractivity contribution is 7.90. The standard InChI is InChI=1S/C19H16N2O5S2/c1-4-11-21-16-10-5-13(18(22)26-3)12-17(16)27-19(21)20-28(23,24)15-8-6-14(25-2)7-9-15/h1,5-10,12H,11H2,2-3H3/b20-19-. The summed E-state index contributed by atoms with van der Waals surface area (Å²) in [6.45, 7) is 0.133. The van der Waals surface area contributed by atoms with Gasteiger partial charge in [0.2, 0.25) is 4.80 Å². The highest BCUT2D eigenvalue weighted by Crippen LogP contribution is 2.21. The predicted molar refractivity (Wildman–Crippen MR) is 106 cm³/mol. The number of methoxy groups -OCH3 is 2. The van der Waals surface area contributed by atoms with Crippen molar-refractivity contribution in [2.45, 2.75) is 11.4 Å². The molecule has 1 aromatic heterocycles. The summed E-state index contributed by atoms with van der Waals surface area (Å²) in [6, 6.07) is 10.8. The minimum atomic E-state index is -3.96. The molecule has 7 nitrogen and oxygen atoms in total. The van der Waals surface area contributed by atoms with E-state index in [1.54, 1.807) is 34.9 Å². The molecular formula is C19H16N2O5S2. The largest absolute Gasteiger partial charge is 0.497 e. The molecule has 0 atom stereocenters. The Morgan fingerprint density at radius 1 is 1.21 bits per heavy atom. The second-order valence-corrected chi connectivity index (χ2v) is 8.20. The van der Waals surface area contributed by atoms with E-state index in [9.17, 15) is 13.2 Å². The van der Waals surface area contributed by atoms with Crippen LogP contribution in [0.1, 0.15) is 10.4 Å². The summed E-state index contributed by atoms with van der Waals surface area (Å²) in [4.78, 5) is 12.0. The summed E-state index contributed by atoms with van der Waals surface area (Å²) < 4.78 is 41.4. The molecule has 0 radical (unpaired) electrons. The molecule has 0 aliphatic rings. The predicted octanol–water partition coefficient (Wildman–Crippen LogP) is 2.42. The number of carbonyl (C=O) groups excluding carboxylic acids is 1. The van der Waals surface area contributed by atoms with E-state index in [0.717, 1.165) is 11.3 Å². The summed E-state index contributed by atoms with van der Waals surface area (Å²) in [6.07, 6.45) is 5.44. The van der Waals surface area contributed by atoms with E-state index in [-0.39, 0.29) is 16.2 Å². The van der Waals surface area contributed by atoms with Gasteiger partial charge in [-0.05, 0) is 42.5 Å². The van der Waals surface area contributed by atoms with Gasteiger partial charge in [0.1, 0.15) is 5.75 Å². The lowest BCUT2D eigenvalue weighted by Crippen LogP contribution is -2.16. The van der Waals surface area contributed by atoms with Gasteiger partial charge in [0.05, 0.1) is 41.4 Å². The highest BCUT2D eigenvalue weighted by atomic mass is 32.2. The number of nitrogens with zero attached hydrogens (tertiary/aromatic N) is 2. The van der Waals surface area contributed by atoms with Gasteiger partial charge in [-0.1, -0.05) is 17.3 Å². The monoisotopic (exact) mass is 416 g/mol. The van der Waals surface area contributed by atoms with Crippen molar-refractivity contribution in [3.63, 3.8) is 0 Å². The second-order valence-electron chi connectivity index (χ2n) is 5.59. The van der Waals surface area contributed by atoms with Crippen molar-refractivity contribution < 1.29 is 22.7 Å². The third-order valence-electron chi connectivity index (χ3n) is 3.91. The Hall–Kier alpha value is -3.09. The van der Waals surface area contributed by atoms with Gasteiger partial charge >= 0.3 is 5.97 Å². The molecule has 2 aromatic carbocycles. The lowest BCUT2D eigenvalue weighted by atomic mass is 10.2. The first-order valence-corrected chi connectivity index (χ1v) is 10.3. The average Bonchev–Trinajstić information content (AvgIpc) is 3.03. The zero-order valence-corrected chi connectivity index (χ0v) is 16.7. The van der Waals surface area contributed by atoms with Gasteiger partial charge < -0.3 is 14.0 Å². The van der Waals surface area contributed by atoms with E-state index in [0.29, 0.717) is 21.5 Å². The van der Waals surface area contributed by atoms with Gasteiger partial charge in [-0.25, -0.2) is 4.79 Å². The molecule has 1 heterocycles. The minimum absolute atomic E-state index is 0.0354. The molecule has 0 saturated carbocycles. The van der Waals surface area contributed by atoms with Gasteiger partial charge in [-0.15, -0.1) is 10.8 Å². The van der Waals surface area contributed by atoms with Crippen molar-refractivity contribution in [1.82, 2.24) is 4.57 Å². The number of hydrogen-bond acceptors (Lipinski definition) is 6. The molecule has 0 aliphatic carbocycles. The summed E-state index contributed by atoms with van der Waals surface area (Å²) in [5.41, 5.74) is 1.04. The maximum atomic E-state index is 12.7. The maximum Gasteiger partial charge on any atom is 0.337 e. The lowest BCUT2D eigenvalue weighted by Gasteiger charge is -2.03. The fraction of sp³-hybridized carbons (Fsp3) is 0.158. The van der Waals surface area contributed by atoms with Gasteiger partial charge in [-0.3, -0.25) is 0 Å². The van der Waals surface area contributed by atoms with Crippen molar-refractivity contribution in [3.8, 4) is 18.1 Å². The van der Waals surface area contributed by atoms with Crippen LogP contribution in [-0.4, -0.2) is 33.2 Å². The molecule has 28 heavy (non-hydrogen) atoms. The highest BCUT2D eigenvalue weighted by Gasteiger charge is 2.16. The Labute approximate surface area is 165 Å². The summed E-state index contributed by atoms with van der Waals surface area (Å²) in [7, 11) is -1.17. The maximum absolute atomic E-state index is 12.7. The average molecular weight is 416 g/mol. The van der Waals surface area contributed by atoms with Gasteiger partial charge in [0.25, 0.3) is 10.0 Å². The number of terminal acetylenes is 1. The number of carbonyl (C=O) groups is 1. The zero-order chi connectivity index (χ0) is 20.3. The van der Waals surface area contributed by atoms with Gasteiger partial charge in [0.15, 0.2) is 0 Å². The molecule has 0 spiro atoms. The van der Waals surface area contributed by atoms with E-state index in [4.69, 9.17) is 15.9 Å². The number of fused-ring (bicyclic) bond motifs is 1. The van der Waals surface area contributed by atoms with Crippen molar-refractivity contribution in [3.05, 3.63) is 52.8 Å². The number of thiazole rings is 1. The van der Waals surface area contributed by atoms with E-state index >= 15 is 0 Å². The molecule has 0 bridgehead atoms. The van der Waals surface area contributed by atoms with Crippen molar-refractivity contribution >= 4 is 37.5 Å². The Morgan fingerprint density at radius 3 is 2.54 bits per heavy atom. The van der Waals surface area contributed by atoms with Crippen molar-refractivity contribution in [2.24, 2.45) is 4.40 Å². The minimum Gasteiger partial charge on any atom is -0.497 e. The number of ether oxygens (including phenoxy) is 2. The quantitative estimate of drug-likeness (QED) is 0.471. The first-order chi connectivity index (χ1) is 13.4. The van der Waals surface area contributed by atoms with Crippen LogP contribution in [0.5, 0.6) is 5.75 Å². The van der Waals surface area contributed by atoms with Crippen LogP contribution >= 0.6 is 11.3 Å². The number of sulfonamides is 1. The Morgan fingerprint density at radius 2 is 1.93 bits per heavy atom. The number of esters is 1. The van der Waals surface area contributed by atoms with Crippen LogP contribution in [0.25, 0.3) is 10.2 Å². The topological polar surface area (TPSA) is 87.0 Å². The molecule has 0 saturated heterocycles. The Bertz CT molecular complexity index is 1250. The van der Waals surface area contributed by atoms with Crippen LogP contribution in [0.4, 0.5) is 0 Å². The number of hydrogen-bond donors (Lipinski definition) is 0. The van der Waals surface area contributed by atoms with Crippen molar-refractivity contribution in [1.29, 1.82) is 0 Å². The molecular weight excluding hydrogens is 400 g/mol. The van der Waals surface area contributed by atoms with Crippen LogP contribution in [0, 0.1) is 12.3 Å². The summed E-state index contributed by atoms with van der Waals surface area (Å²) >= 11 is 1.12. The molecule has 0 amide bonds. The Balaban J connectivity index is 2.18. The van der Waals surface area contributed by atoms with E-state index in [1.807, 2.05) is 0 Å². The van der Waals surface area contributed by atoms with E-state index in [2.05, 4.69) is 10.3 Å². The summed E-state index contributed by atoms with van der Waals surface area (Å²) in [5, 5.41) is 0.